The molecule has 39 heavy (non-hydrogen) atoms. The van der Waals surface area contributed by atoms with Crippen LogP contribution in [0.15, 0.2) is 36.9 Å². The molecule has 2 aromatic rings. The smallest absolute Gasteiger partial charge is 0.475 e. The predicted octanol–water partition coefficient (Wildman–Crippen LogP) is 3.55. The SMILES string of the molecule is C[C@@H]1C[C@H](N2C(=N)N[C@](C)(c3cccc(NC(=O)c4cncnc4)c3Cl)CC2=O)CCO1.O=C(O)C(F)(F)F. The summed E-state index contributed by atoms with van der Waals surface area (Å²) in [6.45, 7) is 4.38. The fraction of sp³-hybridized carbons (Fsp3) is 0.417. The van der Waals surface area contributed by atoms with E-state index in [0.29, 0.717) is 41.3 Å². The number of amides is 2. The van der Waals surface area contributed by atoms with Crippen molar-refractivity contribution in [2.75, 3.05) is 11.9 Å². The van der Waals surface area contributed by atoms with Crippen molar-refractivity contribution < 1.29 is 37.4 Å². The van der Waals surface area contributed by atoms with E-state index in [4.69, 9.17) is 31.6 Å². The van der Waals surface area contributed by atoms with Gasteiger partial charge in [-0.25, -0.2) is 14.8 Å². The number of hydrogen-bond donors (Lipinski definition) is 4. The molecule has 0 bridgehead atoms. The van der Waals surface area contributed by atoms with E-state index < -0.39 is 23.6 Å². The van der Waals surface area contributed by atoms with E-state index in [2.05, 4.69) is 20.6 Å². The van der Waals surface area contributed by atoms with E-state index >= 15 is 0 Å². The number of hydrogen-bond acceptors (Lipinski definition) is 7. The number of nitrogens with one attached hydrogen (secondary N) is 3. The van der Waals surface area contributed by atoms with Gasteiger partial charge in [0.15, 0.2) is 5.96 Å². The van der Waals surface area contributed by atoms with Crippen molar-refractivity contribution in [2.24, 2.45) is 0 Å². The number of carbonyl (C=O) groups excluding carboxylic acids is 2. The van der Waals surface area contributed by atoms with Crippen LogP contribution in [0, 0.1) is 5.41 Å². The lowest BCUT2D eigenvalue weighted by atomic mass is 9.85. The van der Waals surface area contributed by atoms with Crippen LogP contribution in [0.25, 0.3) is 0 Å². The van der Waals surface area contributed by atoms with Gasteiger partial charge in [-0.3, -0.25) is 19.9 Å². The molecule has 4 N–H and O–H groups in total. The normalized spacial score (nSPS) is 23.3. The molecule has 2 aliphatic rings. The van der Waals surface area contributed by atoms with E-state index in [1.165, 1.54) is 23.6 Å². The number of nitrogens with zero attached hydrogens (tertiary/aromatic N) is 3. The van der Waals surface area contributed by atoms with Crippen LogP contribution in [0.3, 0.4) is 0 Å². The summed E-state index contributed by atoms with van der Waals surface area (Å²) >= 11 is 6.67. The third-order valence-corrected chi connectivity index (χ3v) is 6.55. The topological polar surface area (TPSA) is 158 Å². The van der Waals surface area contributed by atoms with Crippen LogP contribution in [0.2, 0.25) is 5.02 Å². The van der Waals surface area contributed by atoms with Crippen LogP contribution in [0.1, 0.15) is 49.0 Å². The van der Waals surface area contributed by atoms with Gasteiger partial charge in [-0.1, -0.05) is 23.7 Å². The third kappa shape index (κ3) is 7.20. The van der Waals surface area contributed by atoms with Crippen molar-refractivity contribution in [3.63, 3.8) is 0 Å². The summed E-state index contributed by atoms with van der Waals surface area (Å²) in [6.07, 6.45) is 0.653. The van der Waals surface area contributed by atoms with Crippen molar-refractivity contribution in [3.8, 4) is 0 Å². The predicted molar refractivity (Wildman–Crippen MR) is 133 cm³/mol. The maximum Gasteiger partial charge on any atom is 0.490 e. The highest BCUT2D eigenvalue weighted by Gasteiger charge is 2.44. The molecule has 0 saturated carbocycles. The second kappa shape index (κ2) is 11.9. The number of aliphatic carboxylic acids is 1. The Morgan fingerprint density at radius 2 is 1.95 bits per heavy atom. The van der Waals surface area contributed by atoms with Gasteiger partial charge >= 0.3 is 12.1 Å². The summed E-state index contributed by atoms with van der Waals surface area (Å²) in [4.78, 5) is 43.8. The zero-order valence-corrected chi connectivity index (χ0v) is 21.6. The lowest BCUT2D eigenvalue weighted by molar-refractivity contribution is -0.192. The lowest BCUT2D eigenvalue weighted by Crippen LogP contribution is -2.63. The van der Waals surface area contributed by atoms with Crippen LogP contribution in [-0.4, -0.2) is 68.6 Å². The Bertz CT molecular complexity index is 1230. The van der Waals surface area contributed by atoms with Crippen LogP contribution < -0.4 is 10.6 Å². The highest BCUT2D eigenvalue weighted by atomic mass is 35.5. The molecule has 0 radical (unpaired) electrons. The second-order valence-corrected chi connectivity index (χ2v) is 9.54. The molecule has 0 aliphatic carbocycles. The first-order chi connectivity index (χ1) is 18.2. The summed E-state index contributed by atoms with van der Waals surface area (Å²) in [5.41, 5.74) is 0.434. The Labute approximate surface area is 226 Å². The number of carbonyl (C=O) groups is 3. The molecule has 210 valence electrons. The molecule has 0 unspecified atom stereocenters. The van der Waals surface area contributed by atoms with Gasteiger partial charge in [0.05, 0.1) is 34.3 Å². The first-order valence-electron chi connectivity index (χ1n) is 11.7. The quantitative estimate of drug-likeness (QED) is 0.434. The minimum absolute atomic E-state index is 0.0485. The molecule has 2 aliphatic heterocycles. The van der Waals surface area contributed by atoms with Gasteiger partial charge in [-0.2, -0.15) is 13.2 Å². The summed E-state index contributed by atoms with van der Waals surface area (Å²) < 4.78 is 37.3. The van der Waals surface area contributed by atoms with E-state index in [0.717, 1.165) is 0 Å². The number of ether oxygens (including phenoxy) is 1. The zero-order chi connectivity index (χ0) is 29.0. The van der Waals surface area contributed by atoms with Crippen LogP contribution in [0.5, 0.6) is 0 Å². The highest BCUT2D eigenvalue weighted by molar-refractivity contribution is 6.35. The van der Waals surface area contributed by atoms with Crippen molar-refractivity contribution in [3.05, 3.63) is 53.1 Å². The molecule has 1 aromatic carbocycles. The first-order valence-corrected chi connectivity index (χ1v) is 12.1. The van der Waals surface area contributed by atoms with Gasteiger partial charge in [0, 0.05) is 25.0 Å². The molecular weight excluding hydrogens is 545 g/mol. The Hall–Kier alpha value is -3.78. The van der Waals surface area contributed by atoms with Gasteiger partial charge < -0.3 is 20.5 Å². The van der Waals surface area contributed by atoms with Crippen LogP contribution in [-0.2, 0) is 19.9 Å². The second-order valence-electron chi connectivity index (χ2n) is 9.16. The fourth-order valence-electron chi connectivity index (χ4n) is 4.30. The van der Waals surface area contributed by atoms with Crippen molar-refractivity contribution in [2.45, 2.75) is 57.0 Å². The van der Waals surface area contributed by atoms with Crippen molar-refractivity contribution in [1.82, 2.24) is 20.2 Å². The van der Waals surface area contributed by atoms with Gasteiger partial charge in [0.25, 0.3) is 5.91 Å². The Morgan fingerprint density at radius 1 is 1.31 bits per heavy atom. The number of carboxylic acids is 1. The zero-order valence-electron chi connectivity index (χ0n) is 20.9. The minimum Gasteiger partial charge on any atom is -0.475 e. The van der Waals surface area contributed by atoms with Gasteiger partial charge in [-0.15, -0.1) is 0 Å². The molecular formula is C24H26ClF3N6O5. The number of alkyl halides is 3. The highest BCUT2D eigenvalue weighted by Crippen LogP contribution is 2.38. The number of aromatic nitrogens is 2. The Morgan fingerprint density at radius 3 is 2.51 bits per heavy atom. The van der Waals surface area contributed by atoms with Gasteiger partial charge in [0.1, 0.15) is 6.33 Å². The molecule has 3 heterocycles. The number of rotatable bonds is 4. The number of carboxylic acid groups (broad SMARTS) is 1. The maximum absolute atomic E-state index is 13.1. The number of benzene rings is 1. The maximum atomic E-state index is 13.1. The molecule has 2 saturated heterocycles. The van der Waals surface area contributed by atoms with Gasteiger partial charge in [-0.05, 0) is 38.3 Å². The van der Waals surface area contributed by atoms with Crippen LogP contribution >= 0.6 is 11.6 Å². The number of halogens is 4. The molecule has 2 fully saturated rings. The third-order valence-electron chi connectivity index (χ3n) is 6.14. The Kier molecular flexibility index (Phi) is 9.12. The summed E-state index contributed by atoms with van der Waals surface area (Å²) in [5, 5.41) is 21.9. The van der Waals surface area contributed by atoms with E-state index in [9.17, 15) is 22.8 Å². The molecule has 1 aromatic heterocycles. The molecule has 3 atom stereocenters. The average Bonchev–Trinajstić information content (AvgIpc) is 2.85. The van der Waals surface area contributed by atoms with Crippen molar-refractivity contribution in [1.29, 1.82) is 5.41 Å². The van der Waals surface area contributed by atoms with E-state index in [1.807, 2.05) is 13.8 Å². The molecule has 15 heteroatoms. The minimum atomic E-state index is -5.08. The van der Waals surface area contributed by atoms with E-state index in [1.54, 1.807) is 18.2 Å². The summed E-state index contributed by atoms with van der Waals surface area (Å²) in [7, 11) is 0. The fourth-order valence-corrected chi connectivity index (χ4v) is 4.68. The lowest BCUT2D eigenvalue weighted by Gasteiger charge is -2.45. The molecule has 11 nitrogen and oxygen atoms in total. The number of anilines is 1. The van der Waals surface area contributed by atoms with Gasteiger partial charge in [0.2, 0.25) is 5.91 Å². The molecule has 2 amide bonds. The monoisotopic (exact) mass is 570 g/mol. The largest absolute Gasteiger partial charge is 0.490 e. The summed E-state index contributed by atoms with van der Waals surface area (Å²) in [6, 6.07) is 5.17. The van der Waals surface area contributed by atoms with Crippen LogP contribution in [0.4, 0.5) is 18.9 Å². The molecule has 4 rings (SSSR count). The number of guanidine groups is 1. The van der Waals surface area contributed by atoms with Crippen molar-refractivity contribution >= 4 is 41.0 Å². The Balaban J connectivity index is 0.000000532. The molecule has 0 spiro atoms. The average molecular weight is 571 g/mol. The van der Waals surface area contributed by atoms with E-state index in [-0.39, 0.29) is 30.4 Å². The summed E-state index contributed by atoms with van der Waals surface area (Å²) in [5.74, 6) is -3.24. The standard InChI is InChI=1S/C22H25ClN6O3.C2HF3O2/c1-13-8-15(6-7-32-13)29-18(30)9-22(2,28-21(29)24)16-4-3-5-17(19(16)23)27-20(31)14-10-25-12-26-11-14;3-2(4,5)1(6)7/h3-5,10-13,15H,6-9H2,1-2H3,(H2,24,28)(H,27,31);(H,6,7)/t13-,15-,22+;/m1./s1. The first kappa shape index (κ1) is 29.8.